The minimum absolute atomic E-state index is 0.101. The van der Waals surface area contributed by atoms with Crippen molar-refractivity contribution in [2.75, 3.05) is 26.7 Å². The van der Waals surface area contributed by atoms with Crippen LogP contribution in [0.4, 0.5) is 4.39 Å². The molecule has 2 heterocycles. The van der Waals surface area contributed by atoms with Gasteiger partial charge in [0.05, 0.1) is 19.6 Å². The fraction of sp³-hybridized carbons (Fsp3) is 0.304. The van der Waals surface area contributed by atoms with Gasteiger partial charge in [0.25, 0.3) is 5.91 Å². The number of likely N-dealkylation sites (tertiary alicyclic amines) is 1. The van der Waals surface area contributed by atoms with Gasteiger partial charge < -0.3 is 19.5 Å². The molecule has 32 heavy (non-hydrogen) atoms. The van der Waals surface area contributed by atoms with Gasteiger partial charge in [-0.3, -0.25) is 9.59 Å². The van der Waals surface area contributed by atoms with Crippen LogP contribution in [0.25, 0.3) is 11.4 Å². The molecule has 1 aliphatic heterocycles. The summed E-state index contributed by atoms with van der Waals surface area (Å²) in [6.07, 6.45) is 1.58. The highest BCUT2D eigenvalue weighted by molar-refractivity contribution is 5.96. The molecule has 9 heteroatoms. The summed E-state index contributed by atoms with van der Waals surface area (Å²) < 4.78 is 23.9. The Morgan fingerprint density at radius 3 is 2.81 bits per heavy atom. The lowest BCUT2D eigenvalue weighted by atomic mass is 9.98. The summed E-state index contributed by atoms with van der Waals surface area (Å²) in [7, 11) is 1.55. The number of methoxy groups -OCH3 is 1. The molecule has 166 valence electrons. The number of aromatic nitrogens is 2. The first-order chi connectivity index (χ1) is 15.5. The molecule has 1 atom stereocenters. The zero-order valence-electron chi connectivity index (χ0n) is 17.6. The minimum Gasteiger partial charge on any atom is -0.497 e. The summed E-state index contributed by atoms with van der Waals surface area (Å²) in [5, 5.41) is 6.62. The molecule has 0 radical (unpaired) electrons. The highest BCUT2D eigenvalue weighted by atomic mass is 19.1. The number of hydrogen-bond acceptors (Lipinski definition) is 6. The van der Waals surface area contributed by atoms with Crippen molar-refractivity contribution in [3.8, 4) is 17.1 Å². The smallest absolute Gasteiger partial charge is 0.251 e. The SMILES string of the molecule is COc1ccc(C(=O)NCC(=O)N2CCCC(c3nc(-c4cccc(F)c4)no3)C2)cc1. The van der Waals surface area contributed by atoms with E-state index >= 15 is 0 Å². The molecule has 0 bridgehead atoms. The first-order valence-corrected chi connectivity index (χ1v) is 10.3. The van der Waals surface area contributed by atoms with Crippen LogP contribution in [0.3, 0.4) is 0 Å². The number of nitrogens with one attached hydrogen (secondary N) is 1. The third kappa shape index (κ3) is 4.93. The summed E-state index contributed by atoms with van der Waals surface area (Å²) in [4.78, 5) is 31.0. The van der Waals surface area contributed by atoms with Gasteiger partial charge in [0.1, 0.15) is 11.6 Å². The number of amides is 2. The molecule has 0 saturated carbocycles. The van der Waals surface area contributed by atoms with Gasteiger partial charge in [0, 0.05) is 24.2 Å². The molecule has 1 aliphatic rings. The van der Waals surface area contributed by atoms with Crippen LogP contribution in [0.15, 0.2) is 53.1 Å². The summed E-state index contributed by atoms with van der Waals surface area (Å²) in [6.45, 7) is 0.913. The molecule has 1 fully saturated rings. The summed E-state index contributed by atoms with van der Waals surface area (Å²) in [5.74, 6) is 0.393. The Kier molecular flexibility index (Phi) is 6.44. The van der Waals surface area contributed by atoms with Gasteiger partial charge in [-0.1, -0.05) is 17.3 Å². The lowest BCUT2D eigenvalue weighted by Gasteiger charge is -2.31. The second kappa shape index (κ2) is 9.59. The van der Waals surface area contributed by atoms with E-state index in [9.17, 15) is 14.0 Å². The van der Waals surface area contributed by atoms with Crippen molar-refractivity contribution in [2.45, 2.75) is 18.8 Å². The van der Waals surface area contributed by atoms with E-state index in [1.54, 1.807) is 48.4 Å². The second-order valence-corrected chi connectivity index (χ2v) is 7.56. The molecular weight excluding hydrogens is 415 g/mol. The van der Waals surface area contributed by atoms with Gasteiger partial charge in [-0.25, -0.2) is 4.39 Å². The molecule has 2 amide bonds. The monoisotopic (exact) mass is 438 g/mol. The van der Waals surface area contributed by atoms with E-state index in [4.69, 9.17) is 9.26 Å². The quantitative estimate of drug-likeness (QED) is 0.635. The second-order valence-electron chi connectivity index (χ2n) is 7.56. The van der Waals surface area contributed by atoms with E-state index in [0.717, 1.165) is 12.8 Å². The standard InChI is InChI=1S/C23H23FN4O4/c1-31-19-9-7-15(8-10-19)22(30)25-13-20(29)28-11-3-5-17(14-28)23-26-21(27-32-23)16-4-2-6-18(24)12-16/h2,4,6-10,12,17H,3,5,11,13-14H2,1H3,(H,25,30). The Bertz CT molecular complexity index is 1100. The summed E-state index contributed by atoms with van der Waals surface area (Å²) >= 11 is 0. The van der Waals surface area contributed by atoms with E-state index in [1.807, 2.05) is 0 Å². The molecule has 1 aromatic heterocycles. The summed E-state index contributed by atoms with van der Waals surface area (Å²) in [6, 6.07) is 12.6. The van der Waals surface area contributed by atoms with Crippen LogP contribution in [-0.2, 0) is 4.79 Å². The van der Waals surface area contributed by atoms with Crippen molar-refractivity contribution in [2.24, 2.45) is 0 Å². The molecule has 0 aliphatic carbocycles. The third-order valence-corrected chi connectivity index (χ3v) is 5.40. The number of piperidine rings is 1. The van der Waals surface area contributed by atoms with E-state index in [1.165, 1.54) is 12.1 Å². The third-order valence-electron chi connectivity index (χ3n) is 5.40. The molecule has 2 aromatic carbocycles. The number of rotatable bonds is 6. The van der Waals surface area contributed by atoms with Gasteiger partial charge in [0.2, 0.25) is 17.6 Å². The fourth-order valence-corrected chi connectivity index (χ4v) is 3.66. The molecule has 0 spiro atoms. The van der Waals surface area contributed by atoms with E-state index in [0.29, 0.717) is 41.7 Å². The zero-order valence-corrected chi connectivity index (χ0v) is 17.6. The lowest BCUT2D eigenvalue weighted by Crippen LogP contribution is -2.44. The highest BCUT2D eigenvalue weighted by Crippen LogP contribution is 2.27. The Balaban J connectivity index is 1.34. The number of halogens is 1. The van der Waals surface area contributed by atoms with Crippen molar-refractivity contribution >= 4 is 11.8 Å². The molecule has 1 unspecified atom stereocenters. The predicted molar refractivity (Wildman–Crippen MR) is 114 cm³/mol. The normalized spacial score (nSPS) is 15.9. The Morgan fingerprint density at radius 1 is 1.25 bits per heavy atom. The van der Waals surface area contributed by atoms with Crippen LogP contribution in [-0.4, -0.2) is 53.6 Å². The van der Waals surface area contributed by atoms with E-state index in [-0.39, 0.29) is 30.1 Å². The summed E-state index contributed by atoms with van der Waals surface area (Å²) in [5.41, 5.74) is 0.982. The molecule has 4 rings (SSSR count). The van der Waals surface area contributed by atoms with Crippen LogP contribution < -0.4 is 10.1 Å². The van der Waals surface area contributed by atoms with Gasteiger partial charge in [0.15, 0.2) is 0 Å². The van der Waals surface area contributed by atoms with Gasteiger partial charge in [-0.15, -0.1) is 0 Å². The first kappa shape index (κ1) is 21.5. The van der Waals surface area contributed by atoms with Crippen LogP contribution in [0.2, 0.25) is 0 Å². The van der Waals surface area contributed by atoms with Crippen molar-refractivity contribution in [3.63, 3.8) is 0 Å². The Morgan fingerprint density at radius 2 is 2.06 bits per heavy atom. The van der Waals surface area contributed by atoms with Crippen molar-refractivity contribution in [1.82, 2.24) is 20.4 Å². The maximum absolute atomic E-state index is 13.5. The maximum Gasteiger partial charge on any atom is 0.251 e. The average molecular weight is 438 g/mol. The molecule has 1 N–H and O–H groups in total. The minimum atomic E-state index is -0.375. The van der Waals surface area contributed by atoms with Gasteiger partial charge in [-0.05, 0) is 49.2 Å². The number of carbonyl (C=O) groups excluding carboxylic acids is 2. The van der Waals surface area contributed by atoms with Crippen LogP contribution >= 0.6 is 0 Å². The number of hydrogen-bond donors (Lipinski definition) is 1. The highest BCUT2D eigenvalue weighted by Gasteiger charge is 2.29. The topological polar surface area (TPSA) is 97.6 Å². The number of ether oxygens (including phenoxy) is 1. The Labute approximate surface area is 184 Å². The zero-order chi connectivity index (χ0) is 22.5. The van der Waals surface area contributed by atoms with Crippen LogP contribution in [0.5, 0.6) is 5.75 Å². The van der Waals surface area contributed by atoms with E-state index < -0.39 is 0 Å². The molecular formula is C23H23FN4O4. The van der Waals surface area contributed by atoms with Crippen molar-refractivity contribution < 1.29 is 23.2 Å². The van der Waals surface area contributed by atoms with E-state index in [2.05, 4.69) is 15.5 Å². The van der Waals surface area contributed by atoms with Gasteiger partial charge in [-0.2, -0.15) is 4.98 Å². The lowest BCUT2D eigenvalue weighted by molar-refractivity contribution is -0.131. The fourth-order valence-electron chi connectivity index (χ4n) is 3.66. The van der Waals surface area contributed by atoms with Gasteiger partial charge >= 0.3 is 0 Å². The number of carbonyl (C=O) groups is 2. The average Bonchev–Trinajstić information content (AvgIpc) is 3.33. The predicted octanol–water partition coefficient (Wildman–Crippen LogP) is 3.02. The molecule has 3 aromatic rings. The Hall–Kier alpha value is -3.75. The largest absolute Gasteiger partial charge is 0.497 e. The van der Waals surface area contributed by atoms with Crippen LogP contribution in [0.1, 0.15) is 35.0 Å². The first-order valence-electron chi connectivity index (χ1n) is 10.3. The molecule has 1 saturated heterocycles. The van der Waals surface area contributed by atoms with Crippen molar-refractivity contribution in [3.05, 3.63) is 65.8 Å². The number of nitrogens with zero attached hydrogens (tertiary/aromatic N) is 3. The molecule has 8 nitrogen and oxygen atoms in total. The number of benzene rings is 2. The maximum atomic E-state index is 13.5. The van der Waals surface area contributed by atoms with Crippen LogP contribution in [0, 0.1) is 5.82 Å². The van der Waals surface area contributed by atoms with Crippen molar-refractivity contribution in [1.29, 1.82) is 0 Å².